The maximum atomic E-state index is 12.8. The molecule has 1 aromatic rings. The molecule has 2 heterocycles. The van der Waals surface area contributed by atoms with E-state index < -0.39 is 37.9 Å². The molecule has 0 radical (unpaired) electrons. The van der Waals surface area contributed by atoms with Gasteiger partial charge in [0.15, 0.2) is 0 Å². The maximum Gasteiger partial charge on any atom is 0.496 e. The van der Waals surface area contributed by atoms with Crippen LogP contribution in [-0.2, 0) is 25.4 Å². The van der Waals surface area contributed by atoms with Crippen LogP contribution >= 0.6 is 11.6 Å². The summed E-state index contributed by atoms with van der Waals surface area (Å²) >= 11 is 6.51. The molecule has 1 aromatic heterocycles. The minimum Gasteiger partial charge on any atom is -0.465 e. The van der Waals surface area contributed by atoms with E-state index >= 15 is 0 Å². The van der Waals surface area contributed by atoms with Crippen molar-refractivity contribution in [2.75, 3.05) is 6.61 Å². The van der Waals surface area contributed by atoms with Gasteiger partial charge in [-0.25, -0.2) is 0 Å². The number of hydrogen-bond acceptors (Lipinski definition) is 5. The number of pyridine rings is 1. The van der Waals surface area contributed by atoms with Gasteiger partial charge < -0.3 is 18.6 Å². The Bertz CT molecular complexity index is 784. The Morgan fingerprint density at radius 1 is 1.22 bits per heavy atom. The van der Waals surface area contributed by atoms with Crippen LogP contribution in [0.25, 0.3) is 0 Å². The highest BCUT2D eigenvalue weighted by Crippen LogP contribution is 2.36. The van der Waals surface area contributed by atoms with Crippen molar-refractivity contribution in [2.45, 2.75) is 72.0 Å². The van der Waals surface area contributed by atoms with Crippen LogP contribution in [0, 0.1) is 0 Å². The van der Waals surface area contributed by atoms with E-state index in [1.165, 1.54) is 4.57 Å². The van der Waals surface area contributed by atoms with Crippen molar-refractivity contribution in [1.29, 1.82) is 0 Å². The van der Waals surface area contributed by atoms with E-state index in [0.717, 1.165) is 5.19 Å². The Kier molecular flexibility index (Phi) is 6.07. The van der Waals surface area contributed by atoms with Crippen molar-refractivity contribution < 1.29 is 18.8 Å². The number of aromatic nitrogens is 1. The molecule has 1 fully saturated rings. The third-order valence-corrected chi connectivity index (χ3v) is 7.54. The molecule has 0 spiro atoms. The van der Waals surface area contributed by atoms with Gasteiger partial charge in [-0.05, 0) is 39.8 Å². The molecular weight excluding hydrogens is 385 g/mol. The topological polar surface area (TPSA) is 66.8 Å². The van der Waals surface area contributed by atoms with E-state index in [1.807, 2.05) is 27.7 Å². The fraction of sp³-hybridized carbons (Fsp3) is 0.667. The van der Waals surface area contributed by atoms with E-state index in [1.54, 1.807) is 13.1 Å². The van der Waals surface area contributed by atoms with Gasteiger partial charge in [0.25, 0.3) is 5.56 Å². The SMILES string of the molecule is CCOC(=O)Cn1cc([Si](C)(C)C)c(B2OC(C)(C)C(C)(C)O2)c(Cl)c1=O. The number of ether oxygens (including phenoxy) is 1. The van der Waals surface area contributed by atoms with Crippen molar-refractivity contribution in [2.24, 2.45) is 0 Å². The first-order valence-electron chi connectivity index (χ1n) is 9.16. The van der Waals surface area contributed by atoms with Crippen LogP contribution in [0.15, 0.2) is 11.0 Å². The predicted octanol–water partition coefficient (Wildman–Crippen LogP) is 1.91. The fourth-order valence-corrected chi connectivity index (χ4v) is 4.87. The predicted molar refractivity (Wildman–Crippen MR) is 111 cm³/mol. The zero-order chi connectivity index (χ0) is 20.8. The first-order valence-corrected chi connectivity index (χ1v) is 13.0. The van der Waals surface area contributed by atoms with Crippen molar-refractivity contribution in [1.82, 2.24) is 4.57 Å². The van der Waals surface area contributed by atoms with Crippen LogP contribution in [0.2, 0.25) is 24.7 Å². The lowest BCUT2D eigenvalue weighted by molar-refractivity contribution is -0.143. The zero-order valence-electron chi connectivity index (χ0n) is 17.4. The lowest BCUT2D eigenvalue weighted by Gasteiger charge is -2.32. The molecule has 0 saturated carbocycles. The summed E-state index contributed by atoms with van der Waals surface area (Å²) in [5.74, 6) is -0.472. The molecule has 1 aliphatic heterocycles. The Morgan fingerprint density at radius 3 is 2.19 bits per heavy atom. The molecule has 0 aliphatic carbocycles. The number of hydrogen-bond donors (Lipinski definition) is 0. The fourth-order valence-electron chi connectivity index (χ4n) is 2.90. The van der Waals surface area contributed by atoms with E-state index in [9.17, 15) is 9.59 Å². The highest BCUT2D eigenvalue weighted by Gasteiger charge is 2.53. The Balaban J connectivity index is 2.60. The Hall–Kier alpha value is -1.09. The van der Waals surface area contributed by atoms with Gasteiger partial charge in [-0.1, -0.05) is 31.2 Å². The van der Waals surface area contributed by atoms with Crippen molar-refractivity contribution in [3.8, 4) is 0 Å². The van der Waals surface area contributed by atoms with Crippen molar-refractivity contribution in [3.63, 3.8) is 0 Å². The molecule has 9 heteroatoms. The zero-order valence-corrected chi connectivity index (χ0v) is 19.2. The smallest absolute Gasteiger partial charge is 0.465 e. The molecule has 0 aromatic carbocycles. The third kappa shape index (κ3) is 4.34. The van der Waals surface area contributed by atoms with E-state index in [2.05, 4.69) is 19.6 Å². The lowest BCUT2D eigenvalue weighted by Crippen LogP contribution is -2.57. The number of carbonyl (C=O) groups excluding carboxylic acids is 1. The molecular formula is C18H29BClNO5Si. The summed E-state index contributed by atoms with van der Waals surface area (Å²) < 4.78 is 18.6. The summed E-state index contributed by atoms with van der Waals surface area (Å²) in [5.41, 5.74) is -0.953. The first-order chi connectivity index (χ1) is 12.2. The molecule has 27 heavy (non-hydrogen) atoms. The number of halogens is 1. The summed E-state index contributed by atoms with van der Waals surface area (Å²) in [7, 11) is -2.68. The van der Waals surface area contributed by atoms with Crippen LogP contribution < -0.4 is 16.2 Å². The Labute approximate surface area is 167 Å². The number of carbonyl (C=O) groups is 1. The summed E-state index contributed by atoms with van der Waals surface area (Å²) in [4.78, 5) is 24.7. The van der Waals surface area contributed by atoms with Gasteiger partial charge in [-0.3, -0.25) is 9.59 Å². The molecule has 2 rings (SSSR count). The summed E-state index contributed by atoms with van der Waals surface area (Å²) in [6.07, 6.45) is 1.72. The molecule has 6 nitrogen and oxygen atoms in total. The number of rotatable bonds is 5. The summed E-state index contributed by atoms with van der Waals surface area (Å²) in [5, 5.41) is 0.965. The molecule has 1 aliphatic rings. The standard InChI is InChI=1S/C18H29BClNO5Si/c1-9-24-13(22)11-21-10-12(27(6,7)8)14(15(20)16(21)23)19-25-17(2,3)18(4,5)26-19/h10H,9,11H2,1-8H3. The number of esters is 1. The molecule has 1 saturated heterocycles. The van der Waals surface area contributed by atoms with Crippen molar-refractivity contribution in [3.05, 3.63) is 21.6 Å². The summed E-state index contributed by atoms with van der Waals surface area (Å²) in [6.45, 7) is 16.1. The minimum absolute atomic E-state index is 0.0396. The quantitative estimate of drug-likeness (QED) is 0.545. The highest BCUT2D eigenvalue weighted by atomic mass is 35.5. The van der Waals surface area contributed by atoms with Gasteiger partial charge in [-0.2, -0.15) is 0 Å². The average Bonchev–Trinajstić information content (AvgIpc) is 2.70. The second-order valence-corrected chi connectivity index (χ2v) is 14.3. The highest BCUT2D eigenvalue weighted by molar-refractivity contribution is 6.93. The van der Waals surface area contributed by atoms with E-state index in [-0.39, 0.29) is 18.2 Å². The Morgan fingerprint density at radius 2 is 1.74 bits per heavy atom. The van der Waals surface area contributed by atoms with Crippen LogP contribution in [0.5, 0.6) is 0 Å². The number of nitrogens with zero attached hydrogens (tertiary/aromatic N) is 1. The lowest BCUT2D eigenvalue weighted by atomic mass is 9.79. The van der Waals surface area contributed by atoms with Crippen LogP contribution in [0.1, 0.15) is 34.6 Å². The normalized spacial score (nSPS) is 18.6. The van der Waals surface area contributed by atoms with Gasteiger partial charge in [0, 0.05) is 11.7 Å². The molecule has 0 unspecified atom stereocenters. The molecule has 0 bridgehead atoms. The van der Waals surface area contributed by atoms with E-state index in [4.69, 9.17) is 25.6 Å². The monoisotopic (exact) mass is 413 g/mol. The van der Waals surface area contributed by atoms with Crippen LogP contribution in [-0.4, -0.2) is 43.5 Å². The second-order valence-electron chi connectivity index (χ2n) is 8.85. The van der Waals surface area contributed by atoms with Gasteiger partial charge in [0.1, 0.15) is 11.6 Å². The maximum absolute atomic E-state index is 12.8. The van der Waals surface area contributed by atoms with Crippen molar-refractivity contribution >= 4 is 43.4 Å². The molecule has 0 amide bonds. The largest absolute Gasteiger partial charge is 0.496 e. The van der Waals surface area contributed by atoms with E-state index in [0.29, 0.717) is 5.46 Å². The molecule has 0 N–H and O–H groups in total. The van der Waals surface area contributed by atoms with Crippen LogP contribution in [0.4, 0.5) is 0 Å². The summed E-state index contributed by atoms with van der Waals surface area (Å²) in [6, 6.07) is 0. The van der Waals surface area contributed by atoms with Gasteiger partial charge in [-0.15, -0.1) is 0 Å². The molecule has 150 valence electrons. The second kappa shape index (κ2) is 7.39. The van der Waals surface area contributed by atoms with Gasteiger partial charge >= 0.3 is 13.1 Å². The van der Waals surface area contributed by atoms with Crippen LogP contribution in [0.3, 0.4) is 0 Å². The molecule has 0 atom stereocenters. The first kappa shape index (κ1) is 22.2. The third-order valence-electron chi connectivity index (χ3n) is 5.16. The van der Waals surface area contributed by atoms with Gasteiger partial charge in [0.05, 0.1) is 25.9 Å². The van der Waals surface area contributed by atoms with Gasteiger partial charge in [0.2, 0.25) is 0 Å². The average molecular weight is 414 g/mol. The minimum atomic E-state index is -1.95.